The summed E-state index contributed by atoms with van der Waals surface area (Å²) in [7, 11) is 2.31. The van der Waals surface area contributed by atoms with Crippen molar-refractivity contribution < 1.29 is 14.0 Å². The van der Waals surface area contributed by atoms with E-state index >= 15 is 0 Å². The fourth-order valence-corrected chi connectivity index (χ4v) is 2.86. The molecular formula is C17H30N3O2+. The van der Waals surface area contributed by atoms with Crippen molar-refractivity contribution in [2.24, 2.45) is 0 Å². The highest BCUT2D eigenvalue weighted by molar-refractivity contribution is 5.55. The predicted octanol–water partition coefficient (Wildman–Crippen LogP) is 1.67. The first-order valence-electron chi connectivity index (χ1n) is 8.22. The fourth-order valence-electron chi connectivity index (χ4n) is 2.86. The minimum atomic E-state index is 0.771. The van der Waals surface area contributed by atoms with Gasteiger partial charge in [-0.1, -0.05) is 0 Å². The first-order valence-corrected chi connectivity index (χ1v) is 8.22. The van der Waals surface area contributed by atoms with E-state index in [1.165, 1.54) is 6.54 Å². The molecule has 1 fully saturated rings. The Hall–Kier alpha value is -1.30. The number of benzene rings is 1. The van der Waals surface area contributed by atoms with E-state index in [-0.39, 0.29) is 0 Å². The average molecular weight is 308 g/mol. The lowest BCUT2D eigenvalue weighted by Gasteiger charge is -2.37. The van der Waals surface area contributed by atoms with Crippen LogP contribution in [-0.4, -0.2) is 57.6 Å². The monoisotopic (exact) mass is 308 g/mol. The van der Waals surface area contributed by atoms with Gasteiger partial charge >= 0.3 is 0 Å². The third-order valence-corrected chi connectivity index (χ3v) is 4.44. The highest BCUT2D eigenvalue weighted by atomic mass is 16.5. The van der Waals surface area contributed by atoms with Crippen LogP contribution in [-0.2, 0) is 15.9 Å². The summed E-state index contributed by atoms with van der Waals surface area (Å²) in [4.78, 5) is 0. The molecule has 124 valence electrons. The van der Waals surface area contributed by atoms with E-state index in [2.05, 4.69) is 7.05 Å². The van der Waals surface area contributed by atoms with E-state index in [9.17, 15) is 0 Å². The number of ether oxygens (including phenoxy) is 2. The molecule has 1 aromatic carbocycles. The number of aryl methyl sites for hydroxylation is 1. The van der Waals surface area contributed by atoms with Crippen LogP contribution in [0.4, 0.5) is 11.4 Å². The van der Waals surface area contributed by atoms with Crippen LogP contribution in [0.2, 0.25) is 0 Å². The Morgan fingerprint density at radius 3 is 2.64 bits per heavy atom. The maximum Gasteiger partial charge on any atom is 0.102 e. The van der Waals surface area contributed by atoms with Gasteiger partial charge in [0.15, 0.2) is 0 Å². The second-order valence-electron chi connectivity index (χ2n) is 6.43. The number of anilines is 2. The summed E-state index contributed by atoms with van der Waals surface area (Å²) < 4.78 is 12.3. The molecule has 0 bridgehead atoms. The van der Waals surface area contributed by atoms with Crippen molar-refractivity contribution in [2.45, 2.75) is 19.3 Å². The van der Waals surface area contributed by atoms with Gasteiger partial charge in [-0.05, 0) is 36.6 Å². The number of quaternary nitrogens is 1. The van der Waals surface area contributed by atoms with E-state index in [0.29, 0.717) is 0 Å². The molecule has 4 N–H and O–H groups in total. The first kappa shape index (κ1) is 17.1. The molecule has 5 heteroatoms. The third-order valence-electron chi connectivity index (χ3n) is 4.44. The van der Waals surface area contributed by atoms with Gasteiger partial charge in [-0.3, -0.25) is 0 Å². The van der Waals surface area contributed by atoms with Crippen molar-refractivity contribution in [2.75, 3.05) is 64.6 Å². The number of nitrogens with zero attached hydrogens (tertiary/aromatic N) is 1. The molecule has 0 spiro atoms. The number of morpholine rings is 1. The molecule has 0 radical (unpaired) electrons. The Labute approximate surface area is 133 Å². The minimum absolute atomic E-state index is 0.771. The van der Waals surface area contributed by atoms with Gasteiger partial charge in [-0.25, -0.2) is 0 Å². The van der Waals surface area contributed by atoms with Crippen molar-refractivity contribution in [1.82, 2.24) is 0 Å². The van der Waals surface area contributed by atoms with Crippen molar-refractivity contribution >= 4 is 11.4 Å². The summed E-state index contributed by atoms with van der Waals surface area (Å²) in [5, 5.41) is 0. The number of rotatable bonds is 8. The Bertz CT molecular complexity index is 459. The summed E-state index contributed by atoms with van der Waals surface area (Å²) in [6.45, 7) is 6.80. The Morgan fingerprint density at radius 1 is 1.14 bits per heavy atom. The molecule has 0 aromatic heterocycles. The van der Waals surface area contributed by atoms with Gasteiger partial charge in [-0.15, -0.1) is 0 Å². The van der Waals surface area contributed by atoms with Crippen LogP contribution >= 0.6 is 0 Å². The quantitative estimate of drug-likeness (QED) is 0.435. The van der Waals surface area contributed by atoms with Crippen LogP contribution in [0, 0.1) is 0 Å². The molecule has 2 rings (SSSR count). The fraction of sp³-hybridized carbons (Fsp3) is 0.647. The van der Waals surface area contributed by atoms with Crippen LogP contribution in [0.15, 0.2) is 18.2 Å². The van der Waals surface area contributed by atoms with Crippen molar-refractivity contribution in [1.29, 1.82) is 0 Å². The van der Waals surface area contributed by atoms with Gasteiger partial charge in [0.05, 0.1) is 33.4 Å². The normalized spacial score (nSPS) is 17.5. The second-order valence-corrected chi connectivity index (χ2v) is 6.43. The zero-order valence-corrected chi connectivity index (χ0v) is 13.7. The lowest BCUT2D eigenvalue weighted by atomic mass is 10.1. The molecule has 22 heavy (non-hydrogen) atoms. The molecule has 1 aliphatic heterocycles. The number of likely N-dealkylation sites (N-methyl/N-ethyl adjacent to an activating group) is 1. The largest absolute Gasteiger partial charge is 0.399 e. The van der Waals surface area contributed by atoms with Crippen LogP contribution in [0.5, 0.6) is 0 Å². The first-order chi connectivity index (χ1) is 10.6. The van der Waals surface area contributed by atoms with E-state index in [4.69, 9.17) is 20.9 Å². The molecule has 0 amide bonds. The van der Waals surface area contributed by atoms with Gasteiger partial charge < -0.3 is 25.4 Å². The molecule has 5 nitrogen and oxygen atoms in total. The maximum absolute atomic E-state index is 5.94. The van der Waals surface area contributed by atoms with Crippen LogP contribution in [0.3, 0.4) is 0 Å². The van der Waals surface area contributed by atoms with Crippen LogP contribution in [0.25, 0.3) is 0 Å². The molecule has 1 aliphatic rings. The smallest absolute Gasteiger partial charge is 0.102 e. The number of nitrogens with two attached hydrogens (primary N) is 2. The SMILES string of the molecule is C[N+]1(CCCOCCCc2cc(N)ccc2N)CCOCC1. The number of hydrogen-bond acceptors (Lipinski definition) is 4. The Kier molecular flexibility index (Phi) is 6.49. The predicted molar refractivity (Wildman–Crippen MR) is 90.6 cm³/mol. The lowest BCUT2D eigenvalue weighted by molar-refractivity contribution is -0.917. The highest BCUT2D eigenvalue weighted by Gasteiger charge is 2.24. The third kappa shape index (κ3) is 5.48. The summed E-state index contributed by atoms with van der Waals surface area (Å²) in [5.74, 6) is 0. The molecule has 1 saturated heterocycles. The van der Waals surface area contributed by atoms with Crippen LogP contribution in [0.1, 0.15) is 18.4 Å². The number of hydrogen-bond donors (Lipinski definition) is 2. The molecule has 0 unspecified atom stereocenters. The van der Waals surface area contributed by atoms with E-state index in [1.807, 2.05) is 18.2 Å². The molecule has 0 aliphatic carbocycles. The molecule has 0 atom stereocenters. The summed E-state index contributed by atoms with van der Waals surface area (Å²) in [6.07, 6.45) is 3.01. The zero-order valence-electron chi connectivity index (χ0n) is 13.7. The summed E-state index contributed by atoms with van der Waals surface area (Å²) in [6, 6.07) is 5.67. The van der Waals surface area contributed by atoms with E-state index in [0.717, 1.165) is 80.2 Å². The average Bonchev–Trinajstić information content (AvgIpc) is 2.50. The van der Waals surface area contributed by atoms with Crippen molar-refractivity contribution in [3.63, 3.8) is 0 Å². The van der Waals surface area contributed by atoms with E-state index in [1.54, 1.807) is 0 Å². The lowest BCUT2D eigenvalue weighted by Crippen LogP contribution is -2.52. The standard InChI is InChI=1S/C17H30N3O2/c1-20(8-12-22-13-9-20)7-3-11-21-10-2-4-15-14-16(18)5-6-17(15)19/h5-6,14H,2-4,7-13,18-19H2,1H3/q+1. The summed E-state index contributed by atoms with van der Waals surface area (Å²) in [5.41, 5.74) is 14.4. The minimum Gasteiger partial charge on any atom is -0.399 e. The van der Waals surface area contributed by atoms with Crippen molar-refractivity contribution in [3.8, 4) is 0 Å². The van der Waals surface area contributed by atoms with Gasteiger partial charge in [0.25, 0.3) is 0 Å². The number of nitrogen functional groups attached to an aromatic ring is 2. The zero-order chi connectivity index (χ0) is 15.8. The van der Waals surface area contributed by atoms with Crippen molar-refractivity contribution in [3.05, 3.63) is 23.8 Å². The second kappa shape index (κ2) is 8.36. The highest BCUT2D eigenvalue weighted by Crippen LogP contribution is 2.17. The topological polar surface area (TPSA) is 70.5 Å². The summed E-state index contributed by atoms with van der Waals surface area (Å²) >= 11 is 0. The maximum atomic E-state index is 5.94. The Morgan fingerprint density at radius 2 is 1.86 bits per heavy atom. The Balaban J connectivity index is 1.55. The molecule has 1 aromatic rings. The molecule has 1 heterocycles. The molecule has 0 saturated carbocycles. The van der Waals surface area contributed by atoms with Gasteiger partial charge in [0, 0.05) is 24.4 Å². The van der Waals surface area contributed by atoms with Gasteiger partial charge in [-0.2, -0.15) is 0 Å². The van der Waals surface area contributed by atoms with E-state index < -0.39 is 0 Å². The van der Waals surface area contributed by atoms with Gasteiger partial charge in [0.1, 0.15) is 13.1 Å². The van der Waals surface area contributed by atoms with Gasteiger partial charge in [0.2, 0.25) is 0 Å². The van der Waals surface area contributed by atoms with Crippen LogP contribution < -0.4 is 11.5 Å². The molecular weight excluding hydrogens is 278 g/mol.